The standard InChI is InChI=1S/C20H21N3O4S/c1-13-4-2-5-14(10-13)11-15(20(25)26)12-21-17(24)7-8-18-22-19(23-27-18)16-6-3-9-28-16/h2-6,9-10,15H,7-8,11-12H2,1H3,(H,21,24)(H,25,26). The zero-order valence-electron chi connectivity index (χ0n) is 15.4. The van der Waals surface area contributed by atoms with E-state index < -0.39 is 11.9 Å². The van der Waals surface area contributed by atoms with Crippen molar-refractivity contribution in [1.82, 2.24) is 15.5 Å². The van der Waals surface area contributed by atoms with E-state index in [0.717, 1.165) is 16.0 Å². The zero-order valence-corrected chi connectivity index (χ0v) is 16.2. The second kappa shape index (κ2) is 9.27. The van der Waals surface area contributed by atoms with Crippen molar-refractivity contribution in [3.8, 4) is 10.7 Å². The fourth-order valence-corrected chi connectivity index (χ4v) is 3.43. The van der Waals surface area contributed by atoms with Crippen molar-refractivity contribution >= 4 is 23.2 Å². The average molecular weight is 399 g/mol. The zero-order chi connectivity index (χ0) is 19.9. The summed E-state index contributed by atoms with van der Waals surface area (Å²) >= 11 is 1.51. The van der Waals surface area contributed by atoms with Crippen LogP contribution in [0.2, 0.25) is 0 Å². The molecule has 0 saturated heterocycles. The fourth-order valence-electron chi connectivity index (χ4n) is 2.78. The van der Waals surface area contributed by atoms with E-state index in [-0.39, 0.29) is 18.9 Å². The lowest BCUT2D eigenvalue weighted by molar-refractivity contribution is -0.141. The number of carbonyl (C=O) groups is 2. The Hall–Kier alpha value is -3.00. The predicted octanol–water partition coefficient (Wildman–Crippen LogP) is 3.10. The first kappa shape index (κ1) is 19.8. The molecular formula is C20H21N3O4S. The Morgan fingerprint density at radius 1 is 1.29 bits per heavy atom. The van der Waals surface area contributed by atoms with E-state index in [9.17, 15) is 14.7 Å². The third-order valence-corrected chi connectivity index (χ3v) is 5.10. The molecular weight excluding hydrogens is 378 g/mol. The molecule has 8 heteroatoms. The van der Waals surface area contributed by atoms with Crippen LogP contribution < -0.4 is 5.32 Å². The van der Waals surface area contributed by atoms with Crippen molar-refractivity contribution in [3.63, 3.8) is 0 Å². The lowest BCUT2D eigenvalue weighted by Crippen LogP contribution is -2.34. The molecule has 146 valence electrons. The van der Waals surface area contributed by atoms with Crippen molar-refractivity contribution in [1.29, 1.82) is 0 Å². The van der Waals surface area contributed by atoms with Crippen molar-refractivity contribution < 1.29 is 19.2 Å². The summed E-state index contributed by atoms with van der Waals surface area (Å²) in [6, 6.07) is 11.5. The van der Waals surface area contributed by atoms with Crippen LogP contribution in [0.5, 0.6) is 0 Å². The van der Waals surface area contributed by atoms with E-state index in [1.54, 1.807) is 0 Å². The first-order chi connectivity index (χ1) is 13.5. The van der Waals surface area contributed by atoms with E-state index >= 15 is 0 Å². The molecule has 3 aromatic rings. The number of thiophene rings is 1. The third-order valence-electron chi connectivity index (χ3n) is 4.24. The summed E-state index contributed by atoms with van der Waals surface area (Å²) in [4.78, 5) is 28.8. The smallest absolute Gasteiger partial charge is 0.308 e. The summed E-state index contributed by atoms with van der Waals surface area (Å²) in [6.07, 6.45) is 0.827. The van der Waals surface area contributed by atoms with E-state index in [2.05, 4.69) is 15.5 Å². The molecule has 7 nitrogen and oxygen atoms in total. The molecule has 2 N–H and O–H groups in total. The molecule has 1 aromatic carbocycles. The van der Waals surface area contributed by atoms with Gasteiger partial charge in [0.05, 0.1) is 10.8 Å². The molecule has 1 amide bonds. The number of aryl methyl sites for hydroxylation is 2. The third kappa shape index (κ3) is 5.50. The number of nitrogens with one attached hydrogen (secondary N) is 1. The second-order valence-corrected chi connectivity index (χ2v) is 7.47. The first-order valence-electron chi connectivity index (χ1n) is 8.93. The van der Waals surface area contributed by atoms with Gasteiger partial charge in [-0.05, 0) is 30.4 Å². The van der Waals surface area contributed by atoms with Crippen LogP contribution in [0.4, 0.5) is 0 Å². The maximum absolute atomic E-state index is 12.1. The fraction of sp³-hybridized carbons (Fsp3) is 0.300. The van der Waals surface area contributed by atoms with E-state index in [4.69, 9.17) is 4.52 Å². The number of carboxylic acids is 1. The largest absolute Gasteiger partial charge is 0.481 e. The summed E-state index contributed by atoms with van der Waals surface area (Å²) < 4.78 is 5.16. The number of benzene rings is 1. The monoisotopic (exact) mass is 399 g/mol. The number of aliphatic carboxylic acids is 1. The number of amides is 1. The van der Waals surface area contributed by atoms with E-state index in [0.29, 0.717) is 24.6 Å². The van der Waals surface area contributed by atoms with E-state index in [1.807, 2.05) is 48.7 Å². The van der Waals surface area contributed by atoms with Gasteiger partial charge in [0.15, 0.2) is 0 Å². The average Bonchev–Trinajstić information content (AvgIpc) is 3.34. The van der Waals surface area contributed by atoms with Gasteiger partial charge in [-0.15, -0.1) is 11.3 Å². The van der Waals surface area contributed by atoms with Gasteiger partial charge in [-0.1, -0.05) is 41.1 Å². The maximum atomic E-state index is 12.1. The van der Waals surface area contributed by atoms with Crippen LogP contribution in [0.15, 0.2) is 46.3 Å². The number of hydrogen-bond donors (Lipinski definition) is 2. The number of carboxylic acid groups (broad SMARTS) is 1. The van der Waals surface area contributed by atoms with Gasteiger partial charge in [0, 0.05) is 19.4 Å². The molecule has 3 rings (SSSR count). The number of nitrogens with zero attached hydrogens (tertiary/aromatic N) is 2. The minimum absolute atomic E-state index is 0.0758. The molecule has 0 aliphatic rings. The highest BCUT2D eigenvalue weighted by Crippen LogP contribution is 2.21. The Morgan fingerprint density at radius 2 is 2.14 bits per heavy atom. The van der Waals surface area contributed by atoms with Crippen molar-refractivity contribution in [2.24, 2.45) is 5.92 Å². The van der Waals surface area contributed by atoms with E-state index in [1.165, 1.54) is 11.3 Å². The van der Waals surface area contributed by atoms with Gasteiger partial charge in [-0.2, -0.15) is 4.98 Å². The van der Waals surface area contributed by atoms with Gasteiger partial charge >= 0.3 is 5.97 Å². The molecule has 2 heterocycles. The van der Waals surface area contributed by atoms with Crippen molar-refractivity contribution in [2.45, 2.75) is 26.2 Å². The van der Waals surface area contributed by atoms with Gasteiger partial charge in [0.2, 0.25) is 17.6 Å². The second-order valence-electron chi connectivity index (χ2n) is 6.52. The van der Waals surface area contributed by atoms with Crippen LogP contribution >= 0.6 is 11.3 Å². The molecule has 0 aliphatic carbocycles. The minimum atomic E-state index is -0.931. The SMILES string of the molecule is Cc1cccc(CC(CNC(=O)CCc2nc(-c3cccs3)no2)C(=O)O)c1. The Balaban J connectivity index is 1.47. The molecule has 1 unspecified atom stereocenters. The van der Waals surface area contributed by atoms with Crippen LogP contribution in [0.3, 0.4) is 0 Å². The Bertz CT molecular complexity index is 937. The molecule has 28 heavy (non-hydrogen) atoms. The molecule has 0 bridgehead atoms. The quantitative estimate of drug-likeness (QED) is 0.573. The minimum Gasteiger partial charge on any atom is -0.481 e. The van der Waals surface area contributed by atoms with Gasteiger partial charge in [-0.25, -0.2) is 0 Å². The van der Waals surface area contributed by atoms with Crippen molar-refractivity contribution in [2.75, 3.05) is 6.54 Å². The van der Waals surface area contributed by atoms with Gasteiger partial charge in [0.25, 0.3) is 0 Å². The number of rotatable bonds is 9. The van der Waals surface area contributed by atoms with Crippen molar-refractivity contribution in [3.05, 3.63) is 58.8 Å². The molecule has 0 spiro atoms. The number of aromatic nitrogens is 2. The summed E-state index contributed by atoms with van der Waals surface area (Å²) in [5.74, 6) is -0.965. The normalized spacial score (nSPS) is 11.9. The van der Waals surface area contributed by atoms with Crippen LogP contribution in [0.25, 0.3) is 10.7 Å². The highest BCUT2D eigenvalue weighted by atomic mass is 32.1. The highest BCUT2D eigenvalue weighted by Gasteiger charge is 2.19. The van der Waals surface area contributed by atoms with Crippen LogP contribution in [-0.4, -0.2) is 33.7 Å². The lowest BCUT2D eigenvalue weighted by atomic mass is 9.98. The van der Waals surface area contributed by atoms with Gasteiger partial charge in [-0.3, -0.25) is 9.59 Å². The molecule has 2 aromatic heterocycles. The Morgan fingerprint density at radius 3 is 2.86 bits per heavy atom. The Labute approximate surface area is 166 Å². The maximum Gasteiger partial charge on any atom is 0.308 e. The lowest BCUT2D eigenvalue weighted by Gasteiger charge is -2.13. The topological polar surface area (TPSA) is 105 Å². The summed E-state index contributed by atoms with van der Waals surface area (Å²) in [5.41, 5.74) is 2.01. The summed E-state index contributed by atoms with van der Waals surface area (Å²) in [5, 5.41) is 18.0. The first-order valence-corrected chi connectivity index (χ1v) is 9.80. The highest BCUT2D eigenvalue weighted by molar-refractivity contribution is 7.13. The number of hydrogen-bond acceptors (Lipinski definition) is 6. The number of carbonyl (C=O) groups excluding carboxylic acids is 1. The molecule has 0 fully saturated rings. The molecule has 0 saturated carbocycles. The predicted molar refractivity (Wildman–Crippen MR) is 105 cm³/mol. The van der Waals surface area contributed by atoms with Crippen LogP contribution in [-0.2, 0) is 22.4 Å². The van der Waals surface area contributed by atoms with Crippen LogP contribution in [0.1, 0.15) is 23.4 Å². The van der Waals surface area contributed by atoms with Gasteiger partial charge < -0.3 is 14.9 Å². The molecule has 0 aliphatic heterocycles. The van der Waals surface area contributed by atoms with Crippen LogP contribution in [0, 0.1) is 12.8 Å². The Kier molecular flexibility index (Phi) is 6.54. The summed E-state index contributed by atoms with van der Waals surface area (Å²) in [7, 11) is 0. The molecule has 1 atom stereocenters. The molecule has 0 radical (unpaired) electrons. The van der Waals surface area contributed by atoms with Gasteiger partial charge in [0.1, 0.15) is 0 Å². The summed E-state index contributed by atoms with van der Waals surface area (Å²) in [6.45, 7) is 2.04.